The maximum Gasteiger partial charge on any atom is 0.101 e. The molecular formula is C50H29N5. The normalized spacial score (nSPS) is 11.6. The van der Waals surface area contributed by atoms with Crippen LogP contribution in [0.2, 0.25) is 0 Å². The molecule has 254 valence electrons. The molecule has 8 aromatic carbocycles. The summed E-state index contributed by atoms with van der Waals surface area (Å²) in [5, 5.41) is 27.3. The molecule has 0 aliphatic carbocycles. The van der Waals surface area contributed by atoms with Gasteiger partial charge in [-0.2, -0.15) is 10.5 Å². The highest BCUT2D eigenvalue weighted by molar-refractivity contribution is 6.17. The van der Waals surface area contributed by atoms with Crippen LogP contribution in [0.3, 0.4) is 0 Å². The Bertz CT molecular complexity index is 3400. The predicted molar refractivity (Wildman–Crippen MR) is 224 cm³/mol. The van der Waals surface area contributed by atoms with Crippen LogP contribution in [-0.4, -0.2) is 13.7 Å². The van der Waals surface area contributed by atoms with E-state index < -0.39 is 0 Å². The van der Waals surface area contributed by atoms with Crippen molar-refractivity contribution in [2.45, 2.75) is 0 Å². The van der Waals surface area contributed by atoms with Gasteiger partial charge in [0.1, 0.15) is 6.07 Å². The Morgan fingerprint density at radius 2 is 0.927 bits per heavy atom. The van der Waals surface area contributed by atoms with E-state index in [9.17, 15) is 10.5 Å². The van der Waals surface area contributed by atoms with Crippen molar-refractivity contribution in [1.82, 2.24) is 13.7 Å². The van der Waals surface area contributed by atoms with E-state index in [4.69, 9.17) is 0 Å². The monoisotopic (exact) mass is 699 g/mol. The van der Waals surface area contributed by atoms with Crippen LogP contribution in [-0.2, 0) is 0 Å². The van der Waals surface area contributed by atoms with E-state index in [1.807, 2.05) is 30.3 Å². The summed E-state index contributed by atoms with van der Waals surface area (Å²) in [7, 11) is 0. The molecule has 11 aromatic rings. The SMILES string of the molecule is N#Cc1ccc2c3ccccc3n(-c3ccc(-c4cccc(C#N)c4-n4c5ccccc5c5c(-n6c7ccccc7c7ccccc76)cccc54)cc3)c2c1. The smallest absolute Gasteiger partial charge is 0.101 e. The average Bonchev–Trinajstić information content (AvgIpc) is 3.89. The number of fused-ring (bicyclic) bond motifs is 9. The van der Waals surface area contributed by atoms with E-state index in [2.05, 4.69) is 171 Å². The fourth-order valence-corrected chi connectivity index (χ4v) is 8.83. The Labute approximate surface area is 316 Å². The van der Waals surface area contributed by atoms with E-state index in [1.54, 1.807) is 0 Å². The number of para-hydroxylation sites is 5. The zero-order valence-electron chi connectivity index (χ0n) is 29.5. The van der Waals surface area contributed by atoms with Gasteiger partial charge in [0.2, 0.25) is 0 Å². The minimum absolute atomic E-state index is 0.595. The quantitative estimate of drug-likeness (QED) is 0.184. The van der Waals surface area contributed by atoms with Crippen molar-refractivity contribution in [2.24, 2.45) is 0 Å². The number of benzene rings is 8. The molecule has 0 fully saturated rings. The van der Waals surface area contributed by atoms with Crippen LogP contribution in [0.1, 0.15) is 11.1 Å². The number of nitriles is 2. The summed E-state index contributed by atoms with van der Waals surface area (Å²) in [6, 6.07) is 65.9. The van der Waals surface area contributed by atoms with Crippen molar-refractivity contribution in [1.29, 1.82) is 10.5 Å². The Morgan fingerprint density at radius 1 is 0.382 bits per heavy atom. The van der Waals surface area contributed by atoms with Gasteiger partial charge in [-0.15, -0.1) is 0 Å². The van der Waals surface area contributed by atoms with E-state index in [0.29, 0.717) is 11.1 Å². The molecule has 0 spiro atoms. The fraction of sp³-hybridized carbons (Fsp3) is 0. The summed E-state index contributed by atoms with van der Waals surface area (Å²) < 4.78 is 6.89. The van der Waals surface area contributed by atoms with Crippen LogP contribution in [0.5, 0.6) is 0 Å². The third-order valence-corrected chi connectivity index (χ3v) is 11.1. The van der Waals surface area contributed by atoms with Crippen LogP contribution in [0, 0.1) is 22.7 Å². The summed E-state index contributed by atoms with van der Waals surface area (Å²) >= 11 is 0. The van der Waals surface area contributed by atoms with Crippen LogP contribution in [0.15, 0.2) is 176 Å². The molecule has 0 atom stereocenters. The van der Waals surface area contributed by atoms with Crippen molar-refractivity contribution < 1.29 is 0 Å². The molecular weight excluding hydrogens is 671 g/mol. The highest BCUT2D eigenvalue weighted by Crippen LogP contribution is 2.42. The molecule has 3 aromatic heterocycles. The summed E-state index contributed by atoms with van der Waals surface area (Å²) in [6.45, 7) is 0. The van der Waals surface area contributed by atoms with Crippen molar-refractivity contribution in [3.63, 3.8) is 0 Å². The summed E-state index contributed by atoms with van der Waals surface area (Å²) in [5.74, 6) is 0. The number of rotatable bonds is 4. The van der Waals surface area contributed by atoms with Gasteiger partial charge in [-0.05, 0) is 72.3 Å². The molecule has 3 heterocycles. The molecule has 55 heavy (non-hydrogen) atoms. The molecule has 0 bridgehead atoms. The van der Waals surface area contributed by atoms with Gasteiger partial charge in [0.25, 0.3) is 0 Å². The lowest BCUT2D eigenvalue weighted by atomic mass is 9.99. The third kappa shape index (κ3) is 4.39. The van der Waals surface area contributed by atoms with E-state index in [-0.39, 0.29) is 0 Å². The summed E-state index contributed by atoms with van der Waals surface area (Å²) in [6.07, 6.45) is 0. The van der Waals surface area contributed by atoms with Gasteiger partial charge in [0, 0.05) is 43.6 Å². The van der Waals surface area contributed by atoms with Crippen LogP contribution in [0.25, 0.3) is 93.6 Å². The maximum atomic E-state index is 10.7. The Morgan fingerprint density at radius 3 is 1.56 bits per heavy atom. The Kier molecular flexibility index (Phi) is 6.61. The second kappa shape index (κ2) is 11.8. The van der Waals surface area contributed by atoms with Crippen molar-refractivity contribution in [3.05, 3.63) is 187 Å². The first-order valence-electron chi connectivity index (χ1n) is 18.3. The Hall–Kier alpha value is -7.86. The lowest BCUT2D eigenvalue weighted by Crippen LogP contribution is -2.01. The zero-order chi connectivity index (χ0) is 36.6. The topological polar surface area (TPSA) is 62.4 Å². The molecule has 5 nitrogen and oxygen atoms in total. The standard InChI is InChI=1S/C50H29N5/c51-30-32-23-28-40-39-14-1-5-17-42(39)53(48(40)29-32)35-26-24-33(25-27-35)36-16-9-11-34(31-52)50(36)55-45-20-8-4-15-41(45)49-46(21-10-22-47(49)55)54-43-18-6-2-12-37(43)38-13-3-7-19-44(38)54/h1-29H. The first kappa shape index (κ1) is 30.7. The molecule has 0 saturated carbocycles. The predicted octanol–water partition coefficient (Wildman–Crippen LogP) is 12.4. The molecule has 0 N–H and O–H groups in total. The number of nitrogens with zero attached hydrogens (tertiary/aromatic N) is 5. The molecule has 0 radical (unpaired) electrons. The van der Waals surface area contributed by atoms with Gasteiger partial charge < -0.3 is 13.7 Å². The Balaban J connectivity index is 1.15. The molecule has 11 rings (SSSR count). The number of hydrogen-bond acceptors (Lipinski definition) is 2. The first-order valence-corrected chi connectivity index (χ1v) is 18.3. The fourth-order valence-electron chi connectivity index (χ4n) is 8.83. The van der Waals surface area contributed by atoms with E-state index in [0.717, 1.165) is 82.8 Å². The molecule has 0 aliphatic rings. The average molecular weight is 700 g/mol. The van der Waals surface area contributed by atoms with Crippen LogP contribution in [0.4, 0.5) is 0 Å². The second-order valence-electron chi connectivity index (χ2n) is 14.0. The minimum Gasteiger partial charge on any atom is -0.309 e. The summed E-state index contributed by atoms with van der Waals surface area (Å²) in [4.78, 5) is 0. The second-order valence-corrected chi connectivity index (χ2v) is 14.0. The highest BCUT2D eigenvalue weighted by Gasteiger charge is 2.23. The van der Waals surface area contributed by atoms with E-state index in [1.165, 1.54) is 10.8 Å². The van der Waals surface area contributed by atoms with Gasteiger partial charge in [0.15, 0.2) is 0 Å². The molecule has 0 saturated heterocycles. The van der Waals surface area contributed by atoms with Crippen molar-refractivity contribution in [2.75, 3.05) is 0 Å². The van der Waals surface area contributed by atoms with Gasteiger partial charge in [0.05, 0.1) is 61.7 Å². The highest BCUT2D eigenvalue weighted by atomic mass is 15.0. The van der Waals surface area contributed by atoms with Gasteiger partial charge in [-0.1, -0.05) is 109 Å². The maximum absolute atomic E-state index is 10.7. The summed E-state index contributed by atoms with van der Waals surface area (Å²) in [5.41, 5.74) is 12.5. The molecule has 0 amide bonds. The van der Waals surface area contributed by atoms with Crippen LogP contribution >= 0.6 is 0 Å². The largest absolute Gasteiger partial charge is 0.309 e. The van der Waals surface area contributed by atoms with Crippen LogP contribution < -0.4 is 0 Å². The first-order chi connectivity index (χ1) is 27.2. The molecule has 0 unspecified atom stereocenters. The number of hydrogen-bond donors (Lipinski definition) is 0. The van der Waals surface area contributed by atoms with E-state index >= 15 is 0 Å². The minimum atomic E-state index is 0.595. The van der Waals surface area contributed by atoms with Gasteiger partial charge >= 0.3 is 0 Å². The lowest BCUT2D eigenvalue weighted by Gasteiger charge is -2.17. The third-order valence-electron chi connectivity index (χ3n) is 11.1. The molecule has 0 aliphatic heterocycles. The zero-order valence-corrected chi connectivity index (χ0v) is 29.5. The van der Waals surface area contributed by atoms with Crippen molar-refractivity contribution in [3.8, 4) is 40.3 Å². The van der Waals surface area contributed by atoms with Crippen molar-refractivity contribution >= 4 is 65.4 Å². The van der Waals surface area contributed by atoms with Gasteiger partial charge in [-0.25, -0.2) is 0 Å². The van der Waals surface area contributed by atoms with Gasteiger partial charge in [-0.3, -0.25) is 0 Å². The molecule has 5 heteroatoms. The number of aromatic nitrogens is 3. The lowest BCUT2D eigenvalue weighted by molar-refractivity contribution is 1.16.